The van der Waals surface area contributed by atoms with E-state index in [9.17, 15) is 19.5 Å². The normalized spacial score (nSPS) is 13.1. The van der Waals surface area contributed by atoms with E-state index in [4.69, 9.17) is 19.9 Å². The summed E-state index contributed by atoms with van der Waals surface area (Å²) in [6, 6.07) is 21.5. The van der Waals surface area contributed by atoms with Crippen molar-refractivity contribution in [1.82, 2.24) is 10.2 Å². The Bertz CT molecular complexity index is 1480. The molecule has 0 aliphatic heterocycles. The number of hydrogen-bond acceptors (Lipinski definition) is 8. The number of carbonyl (C=O) groups excluding carboxylic acids is 2. The van der Waals surface area contributed by atoms with Crippen molar-refractivity contribution in [2.24, 2.45) is 11.7 Å². The van der Waals surface area contributed by atoms with Crippen LogP contribution in [-0.4, -0.2) is 73.4 Å². The summed E-state index contributed by atoms with van der Waals surface area (Å²) in [5.41, 5.74) is 8.73. The van der Waals surface area contributed by atoms with E-state index in [1.807, 2.05) is 49.4 Å². The highest BCUT2D eigenvalue weighted by Gasteiger charge is 2.21. The second-order valence-corrected chi connectivity index (χ2v) is 13.0. The van der Waals surface area contributed by atoms with Gasteiger partial charge in [0.25, 0.3) is 5.91 Å². The third kappa shape index (κ3) is 15.6. The largest absolute Gasteiger partial charge is 0.494 e. The van der Waals surface area contributed by atoms with E-state index in [0.717, 1.165) is 62.3 Å². The lowest BCUT2D eigenvalue weighted by atomic mass is 10.1. The number of alkyl carbamates (subject to hydrolysis) is 1. The molecule has 0 heterocycles. The highest BCUT2D eigenvalue weighted by Crippen LogP contribution is 2.27. The second kappa shape index (κ2) is 23.7. The van der Waals surface area contributed by atoms with Crippen LogP contribution in [-0.2, 0) is 22.6 Å². The zero-order chi connectivity index (χ0) is 37.6. The molecule has 5 N–H and O–H groups in total. The van der Waals surface area contributed by atoms with Crippen LogP contribution in [0.2, 0.25) is 0 Å². The van der Waals surface area contributed by atoms with Crippen LogP contribution < -0.4 is 25.8 Å². The molecule has 1 fully saturated rings. The number of carboxylic acids is 1. The van der Waals surface area contributed by atoms with Crippen LogP contribution in [0.5, 0.6) is 11.5 Å². The fourth-order valence-electron chi connectivity index (χ4n) is 5.85. The van der Waals surface area contributed by atoms with Gasteiger partial charge < -0.3 is 40.6 Å². The number of unbranched alkanes of at least 4 members (excludes halogenated alkanes) is 1. The number of nitrogens with zero attached hydrogens (tertiary/aromatic N) is 1. The number of carbonyl (C=O) groups is 3. The van der Waals surface area contributed by atoms with Crippen molar-refractivity contribution in [3.63, 3.8) is 0 Å². The van der Waals surface area contributed by atoms with Gasteiger partial charge in [-0.25, -0.2) is 9.59 Å². The summed E-state index contributed by atoms with van der Waals surface area (Å²) < 4.78 is 16.5. The van der Waals surface area contributed by atoms with Gasteiger partial charge in [0.15, 0.2) is 0 Å². The molecule has 4 rings (SSSR count). The molecule has 0 saturated heterocycles. The Morgan fingerprint density at radius 1 is 0.865 bits per heavy atom. The van der Waals surface area contributed by atoms with Crippen molar-refractivity contribution in [3.05, 3.63) is 89.5 Å². The first kappa shape index (κ1) is 41.6. The summed E-state index contributed by atoms with van der Waals surface area (Å²) in [6.07, 6.45) is 7.24. The number of carboxylic acid groups (broad SMARTS) is 1. The van der Waals surface area contributed by atoms with Gasteiger partial charge in [0, 0.05) is 25.2 Å². The zero-order valence-electron chi connectivity index (χ0n) is 31.1. The minimum absolute atomic E-state index is 0.164. The summed E-state index contributed by atoms with van der Waals surface area (Å²) in [4.78, 5) is 37.2. The van der Waals surface area contributed by atoms with Gasteiger partial charge in [0.2, 0.25) is 0 Å². The van der Waals surface area contributed by atoms with Gasteiger partial charge in [0.1, 0.15) is 24.1 Å². The molecule has 1 saturated carbocycles. The maximum absolute atomic E-state index is 11.8. The Morgan fingerprint density at radius 2 is 1.56 bits per heavy atom. The highest BCUT2D eigenvalue weighted by atomic mass is 16.5. The Morgan fingerprint density at radius 3 is 2.19 bits per heavy atom. The molecule has 1 atom stereocenters. The standard InChI is InChI=1S/C21H25NO5.C20H33N3O2/c1-2-3-13-26-21(25)22-19(20(23)24)14-16-9-11-18(12-10-16)27-15-17-7-5-4-6-8-17;1-3-23(4-2)12-7-13-25-17-10-11-19(18(14-17)20(21)24)22-15-16-8-5-6-9-16/h4-12,19H,2-3,13-15H2,1H3,(H,22,25)(H,23,24);10-11,14,16,22H,3-9,12-13,15H2,1-2H3,(H2,21,24). The summed E-state index contributed by atoms with van der Waals surface area (Å²) in [6.45, 7) is 11.7. The Kier molecular flexibility index (Phi) is 18.9. The average Bonchev–Trinajstić information content (AvgIpc) is 3.68. The van der Waals surface area contributed by atoms with Crippen LogP contribution in [0.4, 0.5) is 10.5 Å². The molecule has 52 heavy (non-hydrogen) atoms. The van der Waals surface area contributed by atoms with Crippen molar-refractivity contribution < 1.29 is 33.7 Å². The summed E-state index contributed by atoms with van der Waals surface area (Å²) in [7, 11) is 0. The summed E-state index contributed by atoms with van der Waals surface area (Å²) in [5.74, 6) is 0.590. The van der Waals surface area contributed by atoms with Crippen LogP contribution >= 0.6 is 0 Å². The van der Waals surface area contributed by atoms with Gasteiger partial charge in [0.05, 0.1) is 18.8 Å². The van der Waals surface area contributed by atoms with Crippen LogP contribution in [0.25, 0.3) is 0 Å². The number of primary amides is 1. The molecule has 3 aromatic rings. The van der Waals surface area contributed by atoms with Crippen molar-refractivity contribution in [1.29, 1.82) is 0 Å². The predicted octanol–water partition coefficient (Wildman–Crippen LogP) is 7.29. The van der Waals surface area contributed by atoms with E-state index in [-0.39, 0.29) is 13.0 Å². The van der Waals surface area contributed by atoms with Gasteiger partial charge in [-0.3, -0.25) is 4.79 Å². The van der Waals surface area contributed by atoms with Crippen LogP contribution in [0.1, 0.15) is 87.2 Å². The number of nitrogens with two attached hydrogens (primary N) is 1. The number of nitrogens with one attached hydrogen (secondary N) is 2. The molecule has 0 radical (unpaired) electrons. The van der Waals surface area contributed by atoms with Gasteiger partial charge in [-0.2, -0.15) is 0 Å². The van der Waals surface area contributed by atoms with Crippen LogP contribution in [0.3, 0.4) is 0 Å². The molecule has 0 bridgehead atoms. The summed E-state index contributed by atoms with van der Waals surface area (Å²) >= 11 is 0. The lowest BCUT2D eigenvalue weighted by molar-refractivity contribution is -0.139. The van der Waals surface area contributed by atoms with Crippen molar-refractivity contribution >= 4 is 23.7 Å². The van der Waals surface area contributed by atoms with E-state index >= 15 is 0 Å². The smallest absolute Gasteiger partial charge is 0.407 e. The minimum atomic E-state index is -1.10. The topological polar surface area (TPSA) is 152 Å². The molecule has 0 aromatic heterocycles. The van der Waals surface area contributed by atoms with E-state index in [1.165, 1.54) is 25.7 Å². The minimum Gasteiger partial charge on any atom is -0.494 e. The zero-order valence-corrected chi connectivity index (χ0v) is 31.1. The third-order valence-corrected chi connectivity index (χ3v) is 9.03. The van der Waals surface area contributed by atoms with Crippen molar-refractivity contribution in [3.8, 4) is 11.5 Å². The molecule has 284 valence electrons. The van der Waals surface area contributed by atoms with E-state index in [2.05, 4.69) is 29.4 Å². The Labute approximate surface area is 309 Å². The fourth-order valence-corrected chi connectivity index (χ4v) is 5.85. The Hall–Kier alpha value is -4.77. The molecule has 1 aliphatic rings. The first-order valence-corrected chi connectivity index (χ1v) is 18.7. The maximum atomic E-state index is 11.8. The molecule has 0 spiro atoms. The molecular weight excluding hydrogens is 660 g/mol. The highest BCUT2D eigenvalue weighted by molar-refractivity contribution is 5.99. The molecule has 11 nitrogen and oxygen atoms in total. The van der Waals surface area contributed by atoms with Gasteiger partial charge in [-0.05, 0) is 86.1 Å². The van der Waals surface area contributed by atoms with Gasteiger partial charge in [-0.1, -0.05) is 82.5 Å². The number of amides is 2. The van der Waals surface area contributed by atoms with Crippen LogP contribution in [0, 0.1) is 5.92 Å². The Balaban J connectivity index is 0.000000281. The third-order valence-electron chi connectivity index (χ3n) is 9.03. The van der Waals surface area contributed by atoms with Crippen molar-refractivity contribution in [2.75, 3.05) is 44.7 Å². The quantitative estimate of drug-likeness (QED) is 0.0833. The van der Waals surface area contributed by atoms with Gasteiger partial charge >= 0.3 is 12.1 Å². The SMILES string of the molecule is CCCCOC(=O)NC(Cc1ccc(OCc2ccccc2)cc1)C(=O)O.CCN(CC)CCCOc1ccc(NCC2CCCC2)c(C(N)=O)c1. The summed E-state index contributed by atoms with van der Waals surface area (Å²) in [5, 5.41) is 15.1. The van der Waals surface area contributed by atoms with E-state index < -0.39 is 24.0 Å². The first-order chi connectivity index (χ1) is 25.2. The lowest BCUT2D eigenvalue weighted by Crippen LogP contribution is -2.42. The van der Waals surface area contributed by atoms with Gasteiger partial charge in [-0.15, -0.1) is 0 Å². The van der Waals surface area contributed by atoms with E-state index in [0.29, 0.717) is 36.2 Å². The molecule has 3 aromatic carbocycles. The number of hydrogen-bond donors (Lipinski definition) is 4. The van der Waals surface area contributed by atoms with E-state index in [1.54, 1.807) is 30.3 Å². The number of aliphatic carboxylic acids is 1. The fraction of sp³-hybridized carbons (Fsp3) is 0.488. The second-order valence-electron chi connectivity index (χ2n) is 13.0. The average molecular weight is 719 g/mol. The van der Waals surface area contributed by atoms with Crippen molar-refractivity contribution in [2.45, 2.75) is 84.8 Å². The monoisotopic (exact) mass is 718 g/mol. The maximum Gasteiger partial charge on any atom is 0.407 e. The molecule has 1 aliphatic carbocycles. The first-order valence-electron chi connectivity index (χ1n) is 18.7. The molecule has 1 unspecified atom stereocenters. The molecule has 2 amide bonds. The number of anilines is 1. The molecule has 11 heteroatoms. The molecular formula is C41H58N4O7. The number of ether oxygens (including phenoxy) is 3. The van der Waals surface area contributed by atoms with Crippen LogP contribution in [0.15, 0.2) is 72.8 Å². The lowest BCUT2D eigenvalue weighted by Gasteiger charge is -2.18. The number of rotatable bonds is 21. The predicted molar refractivity (Wildman–Crippen MR) is 205 cm³/mol. The number of benzene rings is 3.